The first kappa shape index (κ1) is 8.92. The Morgan fingerprint density at radius 3 is 3.07 bits per heavy atom. The Morgan fingerprint density at radius 2 is 2.20 bits per heavy atom. The Bertz CT molecular complexity index is 429. The summed E-state index contributed by atoms with van der Waals surface area (Å²) in [4.78, 5) is 14.1. The molecule has 1 atom stereocenters. The van der Waals surface area contributed by atoms with E-state index < -0.39 is 0 Å². The van der Waals surface area contributed by atoms with Crippen molar-refractivity contribution in [2.24, 2.45) is 0 Å². The summed E-state index contributed by atoms with van der Waals surface area (Å²) in [7, 11) is 0. The van der Waals surface area contributed by atoms with Gasteiger partial charge in [0, 0.05) is 17.7 Å². The zero-order valence-electron chi connectivity index (χ0n) is 8.79. The van der Waals surface area contributed by atoms with E-state index in [9.17, 15) is 4.79 Å². The number of hydrogen-bond acceptors (Lipinski definition) is 2. The summed E-state index contributed by atoms with van der Waals surface area (Å²) < 4.78 is 0. The zero-order valence-corrected chi connectivity index (χ0v) is 8.79. The summed E-state index contributed by atoms with van der Waals surface area (Å²) in [6.07, 6.45) is 1.04. The van der Waals surface area contributed by atoms with Crippen molar-refractivity contribution in [2.75, 3.05) is 13.1 Å². The van der Waals surface area contributed by atoms with Gasteiger partial charge in [0.25, 0.3) is 5.91 Å². The van der Waals surface area contributed by atoms with Crippen molar-refractivity contribution in [1.82, 2.24) is 10.2 Å². The van der Waals surface area contributed by atoms with Crippen molar-refractivity contribution in [2.45, 2.75) is 19.0 Å². The molecule has 0 spiro atoms. The Labute approximate surface area is 89.1 Å². The molecule has 0 aromatic heterocycles. The van der Waals surface area contributed by atoms with Gasteiger partial charge in [-0.2, -0.15) is 0 Å². The fraction of sp³-hybridized carbons (Fsp3) is 0.417. The third-order valence-electron chi connectivity index (χ3n) is 3.49. The third-order valence-corrected chi connectivity index (χ3v) is 3.49. The minimum Gasteiger partial charge on any atom is -0.316 e. The molecule has 0 saturated carbocycles. The third kappa shape index (κ3) is 1.01. The summed E-state index contributed by atoms with van der Waals surface area (Å²) >= 11 is 0. The van der Waals surface area contributed by atoms with Crippen LogP contribution in [0.4, 0.5) is 0 Å². The molecule has 2 aliphatic rings. The van der Waals surface area contributed by atoms with Crippen LogP contribution in [0.25, 0.3) is 0 Å². The zero-order chi connectivity index (χ0) is 10.5. The molecule has 2 aliphatic heterocycles. The first-order chi connectivity index (χ1) is 7.23. The van der Waals surface area contributed by atoms with E-state index in [1.165, 1.54) is 0 Å². The van der Waals surface area contributed by atoms with E-state index in [1.54, 1.807) is 0 Å². The summed E-state index contributed by atoms with van der Waals surface area (Å²) in [5, 5.41) is 3.45. The minimum absolute atomic E-state index is 0.167. The van der Waals surface area contributed by atoms with Crippen molar-refractivity contribution in [3.8, 4) is 0 Å². The van der Waals surface area contributed by atoms with E-state index in [4.69, 9.17) is 0 Å². The van der Waals surface area contributed by atoms with Crippen LogP contribution in [-0.2, 0) is 5.66 Å². The average molecular weight is 202 g/mol. The van der Waals surface area contributed by atoms with E-state index in [1.807, 2.05) is 29.2 Å². The molecule has 1 aromatic carbocycles. The van der Waals surface area contributed by atoms with Gasteiger partial charge in [0.05, 0.1) is 0 Å². The molecule has 0 bridgehead atoms. The Hall–Kier alpha value is -1.35. The van der Waals surface area contributed by atoms with Crippen LogP contribution in [0.5, 0.6) is 0 Å². The molecule has 3 heteroatoms. The molecule has 78 valence electrons. The minimum atomic E-state index is -0.272. The summed E-state index contributed by atoms with van der Waals surface area (Å²) in [6, 6.07) is 7.89. The van der Waals surface area contributed by atoms with Crippen LogP contribution in [0, 0.1) is 0 Å². The number of nitrogens with one attached hydrogen (secondary N) is 1. The number of nitrogens with zero attached hydrogens (tertiary/aromatic N) is 1. The van der Waals surface area contributed by atoms with Crippen LogP contribution in [0.3, 0.4) is 0 Å². The summed E-state index contributed by atoms with van der Waals surface area (Å²) in [6.45, 7) is 3.93. The van der Waals surface area contributed by atoms with Crippen LogP contribution in [0.15, 0.2) is 24.3 Å². The van der Waals surface area contributed by atoms with E-state index in [-0.39, 0.29) is 11.6 Å². The first-order valence-electron chi connectivity index (χ1n) is 5.40. The van der Waals surface area contributed by atoms with Gasteiger partial charge in [-0.1, -0.05) is 18.2 Å². The van der Waals surface area contributed by atoms with Gasteiger partial charge < -0.3 is 4.90 Å². The van der Waals surface area contributed by atoms with Crippen molar-refractivity contribution in [3.63, 3.8) is 0 Å². The van der Waals surface area contributed by atoms with Crippen molar-refractivity contribution in [1.29, 1.82) is 0 Å². The van der Waals surface area contributed by atoms with Crippen LogP contribution in [-0.4, -0.2) is 23.9 Å². The van der Waals surface area contributed by atoms with Gasteiger partial charge in [-0.25, -0.2) is 0 Å². The number of amides is 1. The largest absolute Gasteiger partial charge is 0.316 e. The number of rotatable bonds is 0. The molecule has 0 aliphatic carbocycles. The topological polar surface area (TPSA) is 32.3 Å². The quantitative estimate of drug-likeness (QED) is 0.688. The number of carbonyl (C=O) groups excluding carboxylic acids is 1. The summed E-state index contributed by atoms with van der Waals surface area (Å²) in [5.41, 5.74) is 1.70. The second-order valence-corrected chi connectivity index (χ2v) is 4.35. The van der Waals surface area contributed by atoms with Crippen LogP contribution in [0.1, 0.15) is 29.3 Å². The van der Waals surface area contributed by atoms with Crippen LogP contribution < -0.4 is 5.32 Å². The molecule has 3 rings (SSSR count). The second kappa shape index (κ2) is 2.83. The molecule has 1 unspecified atom stereocenters. The van der Waals surface area contributed by atoms with Gasteiger partial charge in [0.1, 0.15) is 5.66 Å². The normalized spacial score (nSPS) is 28.9. The molecule has 3 nitrogen and oxygen atoms in total. The van der Waals surface area contributed by atoms with Gasteiger partial charge in [0.15, 0.2) is 0 Å². The predicted octanol–water partition coefficient (Wildman–Crippen LogP) is 1.31. The Kier molecular flexibility index (Phi) is 1.68. The van der Waals surface area contributed by atoms with Gasteiger partial charge in [-0.05, 0) is 26.0 Å². The van der Waals surface area contributed by atoms with E-state index in [0.717, 1.165) is 30.6 Å². The highest BCUT2D eigenvalue weighted by Gasteiger charge is 2.46. The van der Waals surface area contributed by atoms with E-state index >= 15 is 0 Å². The van der Waals surface area contributed by atoms with Gasteiger partial charge in [-0.3, -0.25) is 10.1 Å². The van der Waals surface area contributed by atoms with Gasteiger partial charge in [-0.15, -0.1) is 0 Å². The SMILES string of the molecule is CC12NCCCN1C(=O)c1ccccc12. The maximum absolute atomic E-state index is 12.1. The molecular weight excluding hydrogens is 188 g/mol. The number of fused-ring (bicyclic) bond motifs is 3. The smallest absolute Gasteiger partial charge is 0.256 e. The number of carbonyl (C=O) groups is 1. The Balaban J connectivity index is 2.20. The lowest BCUT2D eigenvalue weighted by Gasteiger charge is -2.40. The standard InChI is InChI=1S/C12H14N2O/c1-12-10-6-3-2-5-9(10)11(15)14(12)8-4-7-13-12/h2-3,5-6,13H,4,7-8H2,1H3. The lowest BCUT2D eigenvalue weighted by molar-refractivity contribution is 0.0384. The van der Waals surface area contributed by atoms with Gasteiger partial charge >= 0.3 is 0 Å². The predicted molar refractivity (Wildman–Crippen MR) is 57.5 cm³/mol. The lowest BCUT2D eigenvalue weighted by atomic mass is 9.98. The van der Waals surface area contributed by atoms with Crippen molar-refractivity contribution in [3.05, 3.63) is 35.4 Å². The van der Waals surface area contributed by atoms with Crippen LogP contribution >= 0.6 is 0 Å². The molecule has 1 aromatic rings. The molecule has 1 amide bonds. The van der Waals surface area contributed by atoms with Crippen molar-refractivity contribution >= 4 is 5.91 Å². The van der Waals surface area contributed by atoms with E-state index in [2.05, 4.69) is 12.2 Å². The molecule has 1 fully saturated rings. The van der Waals surface area contributed by atoms with E-state index in [0.29, 0.717) is 0 Å². The molecule has 1 N–H and O–H groups in total. The molecule has 0 radical (unpaired) electrons. The molecular formula is C12H14N2O. The Morgan fingerprint density at radius 1 is 1.40 bits per heavy atom. The fourth-order valence-electron chi connectivity index (χ4n) is 2.67. The fourth-order valence-corrected chi connectivity index (χ4v) is 2.67. The second-order valence-electron chi connectivity index (χ2n) is 4.35. The molecule has 2 heterocycles. The highest BCUT2D eigenvalue weighted by Crippen LogP contribution is 2.38. The number of hydrogen-bond donors (Lipinski definition) is 1. The highest BCUT2D eigenvalue weighted by atomic mass is 16.2. The molecule has 15 heavy (non-hydrogen) atoms. The van der Waals surface area contributed by atoms with Crippen LogP contribution in [0.2, 0.25) is 0 Å². The molecule has 1 saturated heterocycles. The summed E-state index contributed by atoms with van der Waals surface area (Å²) in [5.74, 6) is 0.167. The van der Waals surface area contributed by atoms with Gasteiger partial charge in [0.2, 0.25) is 0 Å². The maximum Gasteiger partial charge on any atom is 0.256 e. The highest BCUT2D eigenvalue weighted by molar-refractivity contribution is 5.99. The lowest BCUT2D eigenvalue weighted by Crippen LogP contribution is -2.56. The first-order valence-corrected chi connectivity index (χ1v) is 5.40. The average Bonchev–Trinajstić information content (AvgIpc) is 2.50. The maximum atomic E-state index is 12.1. The monoisotopic (exact) mass is 202 g/mol. The van der Waals surface area contributed by atoms with Crippen molar-refractivity contribution < 1.29 is 4.79 Å². The number of benzene rings is 1.